The second-order valence-electron chi connectivity index (χ2n) is 7.08. The third-order valence-electron chi connectivity index (χ3n) is 4.97. The lowest BCUT2D eigenvalue weighted by atomic mass is 10.2. The van der Waals surface area contributed by atoms with E-state index in [0.29, 0.717) is 0 Å². The first-order valence-corrected chi connectivity index (χ1v) is 9.70. The van der Waals surface area contributed by atoms with Crippen molar-refractivity contribution in [3.8, 4) is 0 Å². The van der Waals surface area contributed by atoms with Crippen LogP contribution in [-0.4, -0.2) is 30.0 Å². The number of benzene rings is 2. The molecule has 2 aromatic rings. The van der Waals surface area contributed by atoms with Gasteiger partial charge in [0.05, 0.1) is 4.92 Å². The number of carbonyl (C=O) groups excluding carboxylic acids is 1. The zero-order valence-electron chi connectivity index (χ0n) is 16.1. The quantitative estimate of drug-likeness (QED) is 0.571. The lowest BCUT2D eigenvalue weighted by molar-refractivity contribution is -0.383. The number of para-hydroxylation sites is 2. The van der Waals surface area contributed by atoms with Crippen LogP contribution in [0.4, 0.5) is 22.7 Å². The number of nitro benzene ring substituents is 1. The summed E-state index contributed by atoms with van der Waals surface area (Å²) in [6.45, 7) is 3.90. The molecule has 2 aromatic carbocycles. The van der Waals surface area contributed by atoms with Crippen LogP contribution in [0, 0.1) is 10.1 Å². The van der Waals surface area contributed by atoms with E-state index in [1.807, 2.05) is 12.1 Å². The Morgan fingerprint density at radius 1 is 1.04 bits per heavy atom. The fourth-order valence-electron chi connectivity index (χ4n) is 3.39. The highest BCUT2D eigenvalue weighted by molar-refractivity contribution is 5.98. The summed E-state index contributed by atoms with van der Waals surface area (Å²) in [7, 11) is 0. The Kier molecular flexibility index (Phi) is 6.47. The van der Waals surface area contributed by atoms with Gasteiger partial charge in [0.15, 0.2) is 0 Å². The van der Waals surface area contributed by atoms with Crippen LogP contribution in [-0.2, 0) is 4.79 Å². The van der Waals surface area contributed by atoms with Crippen LogP contribution >= 0.6 is 0 Å². The topological polar surface area (TPSA) is 87.5 Å². The number of anilines is 3. The van der Waals surface area contributed by atoms with Crippen LogP contribution in [0.1, 0.15) is 32.6 Å². The van der Waals surface area contributed by atoms with Gasteiger partial charge in [0, 0.05) is 30.5 Å². The van der Waals surface area contributed by atoms with Crippen molar-refractivity contribution >= 4 is 28.7 Å². The van der Waals surface area contributed by atoms with Crippen molar-refractivity contribution in [3.63, 3.8) is 0 Å². The first-order valence-electron chi connectivity index (χ1n) is 9.70. The fourth-order valence-corrected chi connectivity index (χ4v) is 3.39. The zero-order valence-corrected chi connectivity index (χ0v) is 16.1. The van der Waals surface area contributed by atoms with Gasteiger partial charge in [-0.05, 0) is 50.1 Å². The molecule has 28 heavy (non-hydrogen) atoms. The minimum atomic E-state index is -0.538. The van der Waals surface area contributed by atoms with E-state index in [0.717, 1.165) is 18.8 Å². The van der Waals surface area contributed by atoms with E-state index in [1.54, 1.807) is 19.1 Å². The molecule has 1 atom stereocenters. The Morgan fingerprint density at radius 3 is 2.32 bits per heavy atom. The largest absolute Gasteiger partial charge is 0.374 e. The van der Waals surface area contributed by atoms with Gasteiger partial charge in [-0.1, -0.05) is 25.0 Å². The summed E-state index contributed by atoms with van der Waals surface area (Å²) in [5, 5.41) is 16.9. The Hall–Kier alpha value is -3.09. The van der Waals surface area contributed by atoms with Gasteiger partial charge in [-0.15, -0.1) is 0 Å². The lowest BCUT2D eigenvalue weighted by Crippen LogP contribution is -2.32. The van der Waals surface area contributed by atoms with Crippen molar-refractivity contribution in [1.29, 1.82) is 0 Å². The summed E-state index contributed by atoms with van der Waals surface area (Å²) >= 11 is 0. The first kappa shape index (κ1) is 19.7. The maximum atomic E-state index is 12.4. The number of carbonyl (C=O) groups is 1. The van der Waals surface area contributed by atoms with Crippen molar-refractivity contribution in [2.24, 2.45) is 0 Å². The van der Waals surface area contributed by atoms with Gasteiger partial charge in [0.2, 0.25) is 5.91 Å². The molecule has 0 saturated carbocycles. The molecule has 1 fully saturated rings. The average Bonchev–Trinajstić information content (AvgIpc) is 2.98. The van der Waals surface area contributed by atoms with Crippen molar-refractivity contribution in [2.75, 3.05) is 28.6 Å². The van der Waals surface area contributed by atoms with Gasteiger partial charge < -0.3 is 15.5 Å². The summed E-state index contributed by atoms with van der Waals surface area (Å²) in [5.74, 6) is -0.328. The molecule has 1 saturated heterocycles. The van der Waals surface area contributed by atoms with Gasteiger partial charge in [-0.25, -0.2) is 0 Å². The molecule has 3 rings (SSSR count). The molecule has 1 amide bonds. The second kappa shape index (κ2) is 9.21. The molecular weight excluding hydrogens is 356 g/mol. The maximum absolute atomic E-state index is 12.4. The Bertz CT molecular complexity index is 815. The lowest BCUT2D eigenvalue weighted by Gasteiger charge is -2.23. The molecule has 1 aliphatic rings. The van der Waals surface area contributed by atoms with Crippen LogP contribution in [0.5, 0.6) is 0 Å². The number of hydrogen-bond acceptors (Lipinski definition) is 5. The highest BCUT2D eigenvalue weighted by Crippen LogP contribution is 2.24. The average molecular weight is 382 g/mol. The number of hydrogen-bond donors (Lipinski definition) is 2. The highest BCUT2D eigenvalue weighted by atomic mass is 16.6. The van der Waals surface area contributed by atoms with E-state index in [4.69, 9.17) is 0 Å². The molecule has 7 nitrogen and oxygen atoms in total. The molecule has 0 bridgehead atoms. The van der Waals surface area contributed by atoms with Crippen LogP contribution in [0.2, 0.25) is 0 Å². The number of nitrogens with one attached hydrogen (secondary N) is 2. The van der Waals surface area contributed by atoms with Crippen LogP contribution in [0.15, 0.2) is 48.5 Å². The summed E-state index contributed by atoms with van der Waals surface area (Å²) in [6, 6.07) is 13.7. The van der Waals surface area contributed by atoms with Crippen molar-refractivity contribution in [1.82, 2.24) is 0 Å². The SMILES string of the molecule is C[C@@H](Nc1ccc(N2CCCCCC2)cc1)C(=O)Nc1ccccc1[N+](=O)[O-]. The van der Waals surface area contributed by atoms with Crippen LogP contribution < -0.4 is 15.5 Å². The smallest absolute Gasteiger partial charge is 0.292 e. The van der Waals surface area contributed by atoms with Crippen LogP contribution in [0.25, 0.3) is 0 Å². The van der Waals surface area contributed by atoms with Crippen LogP contribution in [0.3, 0.4) is 0 Å². The van der Waals surface area contributed by atoms with Crippen molar-refractivity contribution in [3.05, 3.63) is 58.6 Å². The molecule has 1 heterocycles. The normalized spacial score (nSPS) is 15.4. The summed E-state index contributed by atoms with van der Waals surface area (Å²) in [4.78, 5) is 25.4. The molecule has 0 aliphatic carbocycles. The molecule has 0 aromatic heterocycles. The van der Waals surface area contributed by atoms with E-state index in [-0.39, 0.29) is 17.3 Å². The van der Waals surface area contributed by atoms with Gasteiger partial charge in [-0.3, -0.25) is 14.9 Å². The van der Waals surface area contributed by atoms with E-state index < -0.39 is 11.0 Å². The third-order valence-corrected chi connectivity index (χ3v) is 4.97. The van der Waals surface area contributed by atoms with E-state index in [9.17, 15) is 14.9 Å². The standard InChI is InChI=1S/C21H26N4O3/c1-16(21(26)23-19-8-4-5-9-20(19)25(27)28)22-17-10-12-18(13-11-17)24-14-6-2-3-7-15-24/h4-5,8-13,16,22H,2-3,6-7,14-15H2,1H3,(H,23,26)/t16-/m1/s1. The van der Waals surface area contributed by atoms with Gasteiger partial charge >= 0.3 is 0 Å². The zero-order chi connectivity index (χ0) is 19.9. The predicted octanol–water partition coefficient (Wildman–Crippen LogP) is 4.41. The molecule has 0 spiro atoms. The van der Waals surface area contributed by atoms with Gasteiger partial charge in [0.1, 0.15) is 11.7 Å². The molecule has 1 aliphatic heterocycles. The predicted molar refractivity (Wildman–Crippen MR) is 112 cm³/mol. The summed E-state index contributed by atoms with van der Waals surface area (Å²) < 4.78 is 0. The fraction of sp³-hybridized carbons (Fsp3) is 0.381. The third kappa shape index (κ3) is 5.00. The summed E-state index contributed by atoms with van der Waals surface area (Å²) in [5.41, 5.74) is 2.11. The number of amides is 1. The molecule has 2 N–H and O–H groups in total. The molecular formula is C21H26N4O3. The Morgan fingerprint density at radius 2 is 1.68 bits per heavy atom. The molecule has 148 valence electrons. The molecule has 0 radical (unpaired) electrons. The summed E-state index contributed by atoms with van der Waals surface area (Å²) in [6.07, 6.45) is 5.04. The number of nitrogens with zero attached hydrogens (tertiary/aromatic N) is 2. The Balaban J connectivity index is 1.60. The highest BCUT2D eigenvalue weighted by Gasteiger charge is 2.19. The van der Waals surface area contributed by atoms with E-state index >= 15 is 0 Å². The van der Waals surface area contributed by atoms with Crippen molar-refractivity contribution < 1.29 is 9.72 Å². The second-order valence-corrected chi connectivity index (χ2v) is 7.08. The van der Waals surface area contributed by atoms with E-state index in [2.05, 4.69) is 27.7 Å². The van der Waals surface area contributed by atoms with Gasteiger partial charge in [0.25, 0.3) is 5.69 Å². The minimum absolute atomic E-state index is 0.121. The van der Waals surface area contributed by atoms with Gasteiger partial charge in [-0.2, -0.15) is 0 Å². The Labute approximate surface area is 164 Å². The number of nitro groups is 1. The molecule has 0 unspecified atom stereocenters. The number of rotatable bonds is 6. The first-order chi connectivity index (χ1) is 13.5. The van der Waals surface area contributed by atoms with Crippen molar-refractivity contribution in [2.45, 2.75) is 38.6 Å². The minimum Gasteiger partial charge on any atom is -0.374 e. The van der Waals surface area contributed by atoms with E-state index in [1.165, 1.54) is 43.5 Å². The maximum Gasteiger partial charge on any atom is 0.292 e. The molecule has 7 heteroatoms. The monoisotopic (exact) mass is 382 g/mol.